The average Bonchev–Trinajstić information content (AvgIpc) is 2.42. The lowest BCUT2D eigenvalue weighted by atomic mass is 9.98. The Hall–Kier alpha value is -1.75. The molecule has 0 fully saturated rings. The van der Waals surface area contributed by atoms with E-state index in [1.165, 1.54) is 0 Å². The molecule has 0 heterocycles. The van der Waals surface area contributed by atoms with Crippen molar-refractivity contribution in [3.63, 3.8) is 0 Å². The summed E-state index contributed by atoms with van der Waals surface area (Å²) in [5, 5.41) is 14.7. The van der Waals surface area contributed by atoms with E-state index in [2.05, 4.69) is 24.5 Å². The maximum Gasteiger partial charge on any atom is 0.331 e. The van der Waals surface area contributed by atoms with Gasteiger partial charge >= 0.3 is 12.0 Å². The highest BCUT2D eigenvalue weighted by Gasteiger charge is 2.24. The molecule has 2 atom stereocenters. The molecule has 5 nitrogen and oxygen atoms in total. The molecule has 0 aliphatic carbocycles. The highest BCUT2D eigenvalue weighted by Crippen LogP contribution is 2.22. The lowest BCUT2D eigenvalue weighted by Gasteiger charge is -2.19. The number of carboxylic acids is 1. The van der Waals surface area contributed by atoms with Gasteiger partial charge in [-0.25, -0.2) is 9.59 Å². The molecular formula is C15H21ClN2O3. The Labute approximate surface area is 129 Å². The zero-order valence-electron chi connectivity index (χ0n) is 12.4. The topological polar surface area (TPSA) is 78.4 Å². The lowest BCUT2D eigenvalue weighted by molar-refractivity contribution is -0.139. The predicted octanol–water partition coefficient (Wildman–Crippen LogP) is 3.06. The second-order valence-corrected chi connectivity index (χ2v) is 5.78. The number of hydrogen-bond donors (Lipinski definition) is 3. The molecule has 21 heavy (non-hydrogen) atoms. The SMILES string of the molecule is CC(C)C(C)CNC(=O)N[C@@H](C(=O)O)c1ccccc1Cl. The Balaban J connectivity index is 2.70. The summed E-state index contributed by atoms with van der Waals surface area (Å²) in [6.45, 7) is 6.63. The van der Waals surface area contributed by atoms with E-state index in [1.54, 1.807) is 24.3 Å². The third-order valence-electron chi connectivity index (χ3n) is 3.46. The number of aliphatic carboxylic acids is 1. The zero-order valence-corrected chi connectivity index (χ0v) is 13.1. The van der Waals surface area contributed by atoms with Gasteiger partial charge in [-0.15, -0.1) is 0 Å². The minimum absolute atomic E-state index is 0.305. The molecule has 0 saturated heterocycles. The number of nitrogens with one attached hydrogen (secondary N) is 2. The molecule has 2 amide bonds. The number of carbonyl (C=O) groups is 2. The van der Waals surface area contributed by atoms with Gasteiger partial charge in [-0.2, -0.15) is 0 Å². The molecule has 1 rings (SSSR count). The van der Waals surface area contributed by atoms with Gasteiger partial charge in [0, 0.05) is 17.1 Å². The van der Waals surface area contributed by atoms with Crippen LogP contribution in [0.15, 0.2) is 24.3 Å². The first-order chi connectivity index (χ1) is 9.82. The maximum absolute atomic E-state index is 11.8. The smallest absolute Gasteiger partial charge is 0.331 e. The monoisotopic (exact) mass is 312 g/mol. The molecule has 0 spiro atoms. The summed E-state index contributed by atoms with van der Waals surface area (Å²) in [6.07, 6.45) is 0. The molecule has 1 unspecified atom stereocenters. The van der Waals surface area contributed by atoms with Crippen LogP contribution >= 0.6 is 11.6 Å². The molecule has 0 aliphatic heterocycles. The Morgan fingerprint density at radius 2 is 1.86 bits per heavy atom. The van der Waals surface area contributed by atoms with Crippen LogP contribution in [0.1, 0.15) is 32.4 Å². The van der Waals surface area contributed by atoms with Crippen LogP contribution in [0.4, 0.5) is 4.79 Å². The van der Waals surface area contributed by atoms with E-state index in [9.17, 15) is 14.7 Å². The summed E-state index contributed by atoms with van der Waals surface area (Å²) in [7, 11) is 0. The van der Waals surface area contributed by atoms with Crippen molar-refractivity contribution in [2.45, 2.75) is 26.8 Å². The Morgan fingerprint density at radius 1 is 1.24 bits per heavy atom. The molecule has 1 aromatic carbocycles. The summed E-state index contributed by atoms with van der Waals surface area (Å²) >= 11 is 5.98. The van der Waals surface area contributed by atoms with E-state index in [4.69, 9.17) is 11.6 Å². The fourth-order valence-electron chi connectivity index (χ4n) is 1.65. The van der Waals surface area contributed by atoms with Gasteiger partial charge in [0.25, 0.3) is 0 Å². The Morgan fingerprint density at radius 3 is 2.38 bits per heavy atom. The molecule has 0 radical (unpaired) electrons. The van der Waals surface area contributed by atoms with Gasteiger partial charge in [0.05, 0.1) is 0 Å². The van der Waals surface area contributed by atoms with Crippen LogP contribution in [0.5, 0.6) is 0 Å². The second kappa shape index (κ2) is 7.88. The Kier molecular flexibility index (Phi) is 6.49. The van der Waals surface area contributed by atoms with Crippen LogP contribution in [0.2, 0.25) is 5.02 Å². The fourth-order valence-corrected chi connectivity index (χ4v) is 1.90. The van der Waals surface area contributed by atoms with Crippen molar-refractivity contribution < 1.29 is 14.7 Å². The quantitative estimate of drug-likeness (QED) is 0.755. The van der Waals surface area contributed by atoms with Gasteiger partial charge in [0.15, 0.2) is 6.04 Å². The van der Waals surface area contributed by atoms with Crippen molar-refractivity contribution in [2.75, 3.05) is 6.54 Å². The van der Waals surface area contributed by atoms with E-state index in [0.717, 1.165) is 0 Å². The van der Waals surface area contributed by atoms with Gasteiger partial charge < -0.3 is 15.7 Å². The third kappa shape index (κ3) is 5.27. The van der Waals surface area contributed by atoms with E-state index >= 15 is 0 Å². The van der Waals surface area contributed by atoms with Gasteiger partial charge in [0.1, 0.15) is 0 Å². The second-order valence-electron chi connectivity index (χ2n) is 5.37. The summed E-state index contributed by atoms with van der Waals surface area (Å²) in [6, 6.07) is 4.86. The molecule has 0 saturated carbocycles. The highest BCUT2D eigenvalue weighted by molar-refractivity contribution is 6.31. The van der Waals surface area contributed by atoms with Crippen LogP contribution in [0.25, 0.3) is 0 Å². The summed E-state index contributed by atoms with van der Waals surface area (Å²) < 4.78 is 0. The number of rotatable bonds is 6. The molecule has 0 bridgehead atoms. The van der Waals surface area contributed by atoms with Crippen LogP contribution in [0.3, 0.4) is 0 Å². The largest absolute Gasteiger partial charge is 0.479 e. The molecule has 6 heteroatoms. The summed E-state index contributed by atoms with van der Waals surface area (Å²) in [5.41, 5.74) is 0.360. The van der Waals surface area contributed by atoms with Crippen LogP contribution < -0.4 is 10.6 Å². The number of hydrogen-bond acceptors (Lipinski definition) is 2. The summed E-state index contributed by atoms with van der Waals surface area (Å²) in [4.78, 5) is 23.2. The number of amides is 2. The summed E-state index contributed by atoms with van der Waals surface area (Å²) in [5.74, 6) is -0.418. The number of carbonyl (C=O) groups excluding carboxylic acids is 1. The van der Waals surface area contributed by atoms with E-state index in [1.807, 2.05) is 6.92 Å². The molecule has 1 aromatic rings. The molecule has 0 aliphatic rings. The normalized spacial score (nSPS) is 13.6. The minimum Gasteiger partial charge on any atom is -0.479 e. The van der Waals surface area contributed by atoms with E-state index in [-0.39, 0.29) is 0 Å². The van der Waals surface area contributed by atoms with Crippen molar-refractivity contribution in [1.29, 1.82) is 0 Å². The first kappa shape index (κ1) is 17.3. The van der Waals surface area contributed by atoms with Crippen LogP contribution in [-0.2, 0) is 4.79 Å². The predicted molar refractivity (Wildman–Crippen MR) is 82.4 cm³/mol. The van der Waals surface area contributed by atoms with E-state index in [0.29, 0.717) is 29.0 Å². The minimum atomic E-state index is -1.17. The van der Waals surface area contributed by atoms with Gasteiger partial charge in [-0.1, -0.05) is 50.6 Å². The zero-order chi connectivity index (χ0) is 16.0. The van der Waals surface area contributed by atoms with Crippen LogP contribution in [0, 0.1) is 11.8 Å². The lowest BCUT2D eigenvalue weighted by Crippen LogP contribution is -2.42. The number of halogens is 1. The number of carboxylic acid groups (broad SMARTS) is 1. The van der Waals surface area contributed by atoms with Crippen molar-refractivity contribution in [1.82, 2.24) is 10.6 Å². The molecule has 0 aromatic heterocycles. The van der Waals surface area contributed by atoms with E-state index < -0.39 is 18.0 Å². The third-order valence-corrected chi connectivity index (χ3v) is 3.81. The number of benzene rings is 1. The van der Waals surface area contributed by atoms with Crippen molar-refractivity contribution >= 4 is 23.6 Å². The van der Waals surface area contributed by atoms with Gasteiger partial charge in [-0.05, 0) is 17.9 Å². The number of urea groups is 1. The first-order valence-corrected chi connectivity index (χ1v) is 7.22. The fraction of sp³-hybridized carbons (Fsp3) is 0.467. The highest BCUT2D eigenvalue weighted by atomic mass is 35.5. The van der Waals surface area contributed by atoms with Crippen molar-refractivity contribution in [2.24, 2.45) is 11.8 Å². The van der Waals surface area contributed by atoms with Gasteiger partial charge in [-0.3, -0.25) is 0 Å². The van der Waals surface area contributed by atoms with Crippen molar-refractivity contribution in [3.05, 3.63) is 34.9 Å². The standard InChI is InChI=1S/C15H21ClN2O3/c1-9(2)10(3)8-17-15(21)18-13(14(19)20)11-6-4-5-7-12(11)16/h4-7,9-10,13H,8H2,1-3H3,(H,19,20)(H2,17,18,21)/t10?,13-/m1/s1. The first-order valence-electron chi connectivity index (χ1n) is 6.84. The van der Waals surface area contributed by atoms with Gasteiger partial charge in [0.2, 0.25) is 0 Å². The molecule has 116 valence electrons. The molecule has 3 N–H and O–H groups in total. The Bertz CT molecular complexity index is 505. The maximum atomic E-state index is 11.8. The van der Waals surface area contributed by atoms with Crippen LogP contribution in [-0.4, -0.2) is 23.7 Å². The average molecular weight is 313 g/mol. The molecular weight excluding hydrogens is 292 g/mol. The van der Waals surface area contributed by atoms with Crippen molar-refractivity contribution in [3.8, 4) is 0 Å².